The molecule has 0 heterocycles. The van der Waals surface area contributed by atoms with E-state index >= 15 is 0 Å². The number of rotatable bonds is 8. The minimum Gasteiger partial charge on any atom is -0.481 e. The molecule has 1 aromatic carbocycles. The molecular formula is C17H25NO3. The van der Waals surface area contributed by atoms with Crippen molar-refractivity contribution in [1.29, 1.82) is 0 Å². The molecule has 0 spiro atoms. The van der Waals surface area contributed by atoms with E-state index in [1.165, 1.54) is 0 Å². The first kappa shape index (κ1) is 17.2. The van der Waals surface area contributed by atoms with Crippen LogP contribution in [0.1, 0.15) is 45.1 Å². The first-order chi connectivity index (χ1) is 9.95. The lowest BCUT2D eigenvalue weighted by Gasteiger charge is -2.28. The Morgan fingerprint density at radius 2 is 1.81 bits per heavy atom. The fraction of sp³-hybridized carbons (Fsp3) is 0.529. The maximum Gasteiger partial charge on any atom is 0.305 e. The van der Waals surface area contributed by atoms with Gasteiger partial charge >= 0.3 is 5.97 Å². The van der Waals surface area contributed by atoms with Gasteiger partial charge in [0.2, 0.25) is 5.91 Å². The average Bonchev–Trinajstić information content (AvgIpc) is 2.44. The Bertz CT molecular complexity index is 456. The van der Waals surface area contributed by atoms with Gasteiger partial charge in [0.15, 0.2) is 0 Å². The molecule has 0 aliphatic rings. The first-order valence-corrected chi connectivity index (χ1v) is 7.51. The molecule has 1 unspecified atom stereocenters. The van der Waals surface area contributed by atoms with Crippen LogP contribution in [0.15, 0.2) is 30.3 Å². The van der Waals surface area contributed by atoms with Crippen molar-refractivity contribution in [2.75, 3.05) is 13.1 Å². The normalized spacial score (nSPS) is 12.2. The monoisotopic (exact) mass is 291 g/mol. The highest BCUT2D eigenvalue weighted by atomic mass is 16.4. The molecule has 1 atom stereocenters. The molecule has 1 N–H and O–H groups in total. The highest BCUT2D eigenvalue weighted by Gasteiger charge is 2.25. The quantitative estimate of drug-likeness (QED) is 0.800. The van der Waals surface area contributed by atoms with E-state index in [2.05, 4.69) is 0 Å². The number of benzene rings is 1. The second-order valence-corrected chi connectivity index (χ2v) is 5.69. The van der Waals surface area contributed by atoms with Crippen molar-refractivity contribution in [1.82, 2.24) is 4.90 Å². The van der Waals surface area contributed by atoms with Gasteiger partial charge in [-0.2, -0.15) is 0 Å². The van der Waals surface area contributed by atoms with Crippen LogP contribution in [-0.2, 0) is 9.59 Å². The third kappa shape index (κ3) is 5.58. The Labute approximate surface area is 126 Å². The van der Waals surface area contributed by atoms with Crippen LogP contribution in [0, 0.1) is 5.92 Å². The summed E-state index contributed by atoms with van der Waals surface area (Å²) < 4.78 is 0. The van der Waals surface area contributed by atoms with Gasteiger partial charge in [0, 0.05) is 13.1 Å². The van der Waals surface area contributed by atoms with E-state index in [0.717, 1.165) is 5.56 Å². The Kier molecular flexibility index (Phi) is 6.92. The van der Waals surface area contributed by atoms with E-state index < -0.39 is 5.97 Å². The molecule has 1 amide bonds. The summed E-state index contributed by atoms with van der Waals surface area (Å²) in [5.41, 5.74) is 0.995. The van der Waals surface area contributed by atoms with Crippen LogP contribution >= 0.6 is 0 Å². The molecule has 4 nitrogen and oxygen atoms in total. The van der Waals surface area contributed by atoms with Gasteiger partial charge in [-0.25, -0.2) is 0 Å². The lowest BCUT2D eigenvalue weighted by molar-refractivity contribution is -0.139. The fourth-order valence-corrected chi connectivity index (χ4v) is 2.42. The van der Waals surface area contributed by atoms with Crippen LogP contribution in [0.4, 0.5) is 0 Å². The summed E-state index contributed by atoms with van der Waals surface area (Å²) in [5.74, 6) is -0.724. The lowest BCUT2D eigenvalue weighted by atomic mass is 9.94. The van der Waals surface area contributed by atoms with E-state index in [1.54, 1.807) is 4.90 Å². The molecule has 4 heteroatoms. The summed E-state index contributed by atoms with van der Waals surface area (Å²) in [7, 11) is 0. The number of carbonyl (C=O) groups excluding carboxylic acids is 1. The third-order valence-corrected chi connectivity index (χ3v) is 3.40. The van der Waals surface area contributed by atoms with Gasteiger partial charge in [0.05, 0.1) is 12.3 Å². The smallest absolute Gasteiger partial charge is 0.305 e. The first-order valence-electron chi connectivity index (χ1n) is 7.51. The predicted molar refractivity (Wildman–Crippen MR) is 83.1 cm³/mol. The highest BCUT2D eigenvalue weighted by Crippen LogP contribution is 2.22. The molecule has 1 aromatic rings. The number of amides is 1. The van der Waals surface area contributed by atoms with Gasteiger partial charge in [-0.05, 0) is 17.9 Å². The molecule has 0 aromatic heterocycles. The molecule has 0 fully saturated rings. The molecule has 0 aliphatic carbocycles. The summed E-state index contributed by atoms with van der Waals surface area (Å²) in [6.45, 7) is 6.92. The van der Waals surface area contributed by atoms with Crippen LogP contribution in [0.5, 0.6) is 0 Å². The van der Waals surface area contributed by atoms with E-state index in [9.17, 15) is 9.59 Å². The maximum atomic E-state index is 12.8. The van der Waals surface area contributed by atoms with Gasteiger partial charge < -0.3 is 10.0 Å². The highest BCUT2D eigenvalue weighted by molar-refractivity contribution is 5.84. The third-order valence-electron chi connectivity index (χ3n) is 3.40. The summed E-state index contributed by atoms with van der Waals surface area (Å²) in [5, 5.41) is 8.85. The summed E-state index contributed by atoms with van der Waals surface area (Å²) >= 11 is 0. The molecule has 1 rings (SSSR count). The van der Waals surface area contributed by atoms with Crippen LogP contribution in [-0.4, -0.2) is 35.0 Å². The molecule has 116 valence electrons. The zero-order valence-electron chi connectivity index (χ0n) is 13.1. The van der Waals surface area contributed by atoms with E-state index in [0.29, 0.717) is 18.9 Å². The molecule has 21 heavy (non-hydrogen) atoms. The molecule has 0 saturated carbocycles. The molecular weight excluding hydrogens is 266 g/mol. The zero-order valence-corrected chi connectivity index (χ0v) is 13.1. The lowest BCUT2D eigenvalue weighted by Crippen LogP contribution is -2.39. The number of carboxylic acid groups (broad SMARTS) is 1. The van der Waals surface area contributed by atoms with Crippen LogP contribution < -0.4 is 0 Å². The Hall–Kier alpha value is -1.84. The summed E-state index contributed by atoms with van der Waals surface area (Å²) in [6, 6.07) is 9.69. The second-order valence-electron chi connectivity index (χ2n) is 5.69. The minimum absolute atomic E-state index is 0.0102. The Morgan fingerprint density at radius 3 is 2.29 bits per heavy atom. The molecule has 0 bridgehead atoms. The van der Waals surface area contributed by atoms with Crippen LogP contribution in [0.25, 0.3) is 0 Å². The minimum atomic E-state index is -0.871. The Balaban J connectivity index is 2.88. The van der Waals surface area contributed by atoms with Gasteiger partial charge in [0.25, 0.3) is 0 Å². The molecule has 0 radical (unpaired) electrons. The van der Waals surface area contributed by atoms with Gasteiger partial charge in [-0.1, -0.05) is 51.1 Å². The number of carboxylic acids is 1. The number of hydrogen-bond acceptors (Lipinski definition) is 2. The summed E-state index contributed by atoms with van der Waals surface area (Å²) in [6.07, 6.45) is 0.703. The predicted octanol–water partition coefficient (Wildman–Crippen LogP) is 3.14. The van der Waals surface area contributed by atoms with Crippen molar-refractivity contribution >= 4 is 11.9 Å². The number of aliphatic carboxylic acids is 1. The van der Waals surface area contributed by atoms with Crippen LogP contribution in [0.2, 0.25) is 0 Å². The fourth-order valence-electron chi connectivity index (χ4n) is 2.42. The largest absolute Gasteiger partial charge is 0.481 e. The molecule has 0 aliphatic heterocycles. The Morgan fingerprint density at radius 1 is 1.19 bits per heavy atom. The SMILES string of the molecule is CCC(C(=O)N(CCC(=O)O)CC(C)C)c1ccccc1. The van der Waals surface area contributed by atoms with Crippen molar-refractivity contribution in [3.8, 4) is 0 Å². The summed E-state index contributed by atoms with van der Waals surface area (Å²) in [4.78, 5) is 25.2. The van der Waals surface area contributed by atoms with Crippen molar-refractivity contribution < 1.29 is 14.7 Å². The van der Waals surface area contributed by atoms with E-state index in [-0.39, 0.29) is 24.8 Å². The topological polar surface area (TPSA) is 57.6 Å². The van der Waals surface area contributed by atoms with Gasteiger partial charge in [-0.15, -0.1) is 0 Å². The zero-order chi connectivity index (χ0) is 15.8. The number of hydrogen-bond donors (Lipinski definition) is 1. The number of nitrogens with zero attached hydrogens (tertiary/aromatic N) is 1. The van der Waals surface area contributed by atoms with E-state index in [1.807, 2.05) is 51.1 Å². The standard InChI is InChI=1S/C17H25NO3/c1-4-15(14-8-6-5-7-9-14)17(21)18(12-13(2)3)11-10-16(19)20/h5-9,13,15H,4,10-12H2,1-3H3,(H,19,20). The van der Waals surface area contributed by atoms with Crippen molar-refractivity contribution in [2.45, 2.75) is 39.5 Å². The molecule has 0 saturated heterocycles. The second kappa shape index (κ2) is 8.45. The maximum absolute atomic E-state index is 12.8. The average molecular weight is 291 g/mol. The van der Waals surface area contributed by atoms with Gasteiger partial charge in [-0.3, -0.25) is 9.59 Å². The van der Waals surface area contributed by atoms with E-state index in [4.69, 9.17) is 5.11 Å². The van der Waals surface area contributed by atoms with Gasteiger partial charge in [0.1, 0.15) is 0 Å². The van der Waals surface area contributed by atoms with Crippen molar-refractivity contribution in [3.05, 3.63) is 35.9 Å². The van der Waals surface area contributed by atoms with Crippen LogP contribution in [0.3, 0.4) is 0 Å². The number of carbonyl (C=O) groups is 2. The van der Waals surface area contributed by atoms with Crippen molar-refractivity contribution in [3.63, 3.8) is 0 Å². The van der Waals surface area contributed by atoms with Crippen molar-refractivity contribution in [2.24, 2.45) is 5.92 Å².